The van der Waals surface area contributed by atoms with Gasteiger partial charge in [-0.2, -0.15) is 0 Å². The largest absolute Gasteiger partial charge is 0.361 e. The zero-order chi connectivity index (χ0) is 18.5. The molecule has 4 amide bonds. The molecule has 1 fully saturated rings. The highest BCUT2D eigenvalue weighted by atomic mass is 16.2. The van der Waals surface area contributed by atoms with E-state index in [1.807, 2.05) is 30.5 Å². The zero-order valence-electron chi connectivity index (χ0n) is 14.5. The van der Waals surface area contributed by atoms with Crippen LogP contribution in [0, 0.1) is 0 Å². The van der Waals surface area contributed by atoms with Gasteiger partial charge in [0.25, 0.3) is 5.91 Å². The predicted octanol–water partition coefficient (Wildman–Crippen LogP) is 1.71. The molecule has 3 rings (SSSR count). The first-order chi connectivity index (χ1) is 12.6. The molecule has 26 heavy (non-hydrogen) atoms. The number of urea groups is 1. The summed E-state index contributed by atoms with van der Waals surface area (Å²) in [7, 11) is 0. The molecule has 1 aromatic carbocycles. The van der Waals surface area contributed by atoms with Gasteiger partial charge in [0.2, 0.25) is 5.91 Å². The van der Waals surface area contributed by atoms with Crippen LogP contribution in [0.5, 0.6) is 0 Å². The lowest BCUT2D eigenvalue weighted by Gasteiger charge is -2.12. The van der Waals surface area contributed by atoms with Crippen LogP contribution in [0.3, 0.4) is 0 Å². The smallest absolute Gasteiger partial charge is 0.324 e. The van der Waals surface area contributed by atoms with Gasteiger partial charge in [-0.15, -0.1) is 6.58 Å². The van der Waals surface area contributed by atoms with Gasteiger partial charge < -0.3 is 15.6 Å². The summed E-state index contributed by atoms with van der Waals surface area (Å²) in [6.45, 7) is 4.23. The van der Waals surface area contributed by atoms with Crippen molar-refractivity contribution in [1.82, 2.24) is 20.5 Å². The van der Waals surface area contributed by atoms with E-state index in [-0.39, 0.29) is 24.7 Å². The van der Waals surface area contributed by atoms with Crippen molar-refractivity contribution in [3.63, 3.8) is 0 Å². The van der Waals surface area contributed by atoms with Gasteiger partial charge in [-0.3, -0.25) is 14.5 Å². The number of amides is 4. The first-order valence-corrected chi connectivity index (χ1v) is 8.64. The molecule has 3 N–H and O–H groups in total. The number of hydrogen-bond acceptors (Lipinski definition) is 3. The van der Waals surface area contributed by atoms with Crippen LogP contribution in [0.2, 0.25) is 0 Å². The Balaban J connectivity index is 1.55. The Morgan fingerprint density at radius 1 is 1.31 bits per heavy atom. The molecule has 2 heterocycles. The molecule has 0 radical (unpaired) electrons. The molecule has 0 aliphatic carbocycles. The third-order valence-electron chi connectivity index (χ3n) is 4.49. The highest BCUT2D eigenvalue weighted by Gasteiger charge is 2.37. The molecule has 0 bridgehead atoms. The van der Waals surface area contributed by atoms with Crippen LogP contribution < -0.4 is 10.6 Å². The van der Waals surface area contributed by atoms with Crippen molar-refractivity contribution in [3.8, 4) is 0 Å². The van der Waals surface area contributed by atoms with Crippen LogP contribution in [0.15, 0.2) is 43.1 Å². The zero-order valence-corrected chi connectivity index (χ0v) is 14.5. The van der Waals surface area contributed by atoms with E-state index in [0.29, 0.717) is 19.5 Å². The van der Waals surface area contributed by atoms with Crippen LogP contribution in [0.4, 0.5) is 4.79 Å². The molecular weight excluding hydrogens is 332 g/mol. The second-order valence-electron chi connectivity index (χ2n) is 6.23. The summed E-state index contributed by atoms with van der Waals surface area (Å²) < 4.78 is 0. The Hall–Kier alpha value is -3.09. The van der Waals surface area contributed by atoms with Crippen molar-refractivity contribution in [2.75, 3.05) is 13.1 Å². The third-order valence-corrected chi connectivity index (χ3v) is 4.49. The van der Waals surface area contributed by atoms with Crippen molar-refractivity contribution >= 4 is 28.7 Å². The maximum atomic E-state index is 12.5. The molecule has 7 heteroatoms. The second kappa shape index (κ2) is 7.86. The van der Waals surface area contributed by atoms with E-state index in [4.69, 9.17) is 0 Å². The van der Waals surface area contributed by atoms with E-state index in [0.717, 1.165) is 16.5 Å². The number of carbonyl (C=O) groups is 3. The number of aromatic amines is 1. The maximum absolute atomic E-state index is 12.5. The number of carbonyl (C=O) groups excluding carboxylic acids is 3. The highest BCUT2D eigenvalue weighted by molar-refractivity contribution is 6.04. The van der Waals surface area contributed by atoms with Gasteiger partial charge in [-0.25, -0.2) is 4.79 Å². The van der Waals surface area contributed by atoms with Gasteiger partial charge >= 0.3 is 6.03 Å². The number of benzene rings is 1. The summed E-state index contributed by atoms with van der Waals surface area (Å²) in [5, 5.41) is 6.41. The summed E-state index contributed by atoms with van der Waals surface area (Å²) in [4.78, 5) is 40.6. The van der Waals surface area contributed by atoms with Crippen molar-refractivity contribution in [1.29, 1.82) is 0 Å². The van der Waals surface area contributed by atoms with Crippen molar-refractivity contribution in [2.45, 2.75) is 25.3 Å². The standard InChI is InChI=1S/C19H22N4O3/c1-2-10-20-17(24)8-7-16-18(25)23(19(26)22-16)11-9-13-12-21-15-6-4-3-5-14(13)15/h2-6,12,16,21H,1,7-11H2,(H,20,24)(H,22,26)/t16-/m0/s1. The lowest BCUT2D eigenvalue weighted by molar-refractivity contribution is -0.127. The number of imide groups is 1. The molecular formula is C19H22N4O3. The first kappa shape index (κ1) is 17.7. The molecule has 1 atom stereocenters. The van der Waals surface area contributed by atoms with E-state index in [1.165, 1.54) is 4.90 Å². The Labute approximate surface area is 151 Å². The van der Waals surface area contributed by atoms with Gasteiger partial charge in [-0.1, -0.05) is 24.3 Å². The number of H-pyrrole nitrogens is 1. The summed E-state index contributed by atoms with van der Waals surface area (Å²) in [6.07, 6.45) is 4.55. The van der Waals surface area contributed by atoms with Crippen molar-refractivity contribution in [3.05, 3.63) is 48.7 Å². The molecule has 136 valence electrons. The molecule has 0 unspecified atom stereocenters. The molecule has 0 saturated carbocycles. The van der Waals surface area contributed by atoms with Crippen molar-refractivity contribution < 1.29 is 14.4 Å². The SMILES string of the molecule is C=CCNC(=O)CC[C@@H]1NC(=O)N(CCc2c[nH]c3ccccc23)C1=O. The van der Waals surface area contributed by atoms with Gasteiger partial charge in [0.15, 0.2) is 0 Å². The predicted molar refractivity (Wildman–Crippen MR) is 98.5 cm³/mol. The lowest BCUT2D eigenvalue weighted by Crippen LogP contribution is -2.34. The summed E-state index contributed by atoms with van der Waals surface area (Å²) in [5.41, 5.74) is 2.09. The minimum absolute atomic E-state index is 0.163. The number of nitrogens with zero attached hydrogens (tertiary/aromatic N) is 1. The summed E-state index contributed by atoms with van der Waals surface area (Å²) in [5.74, 6) is -0.435. The first-order valence-electron chi connectivity index (χ1n) is 8.64. The molecule has 1 aliphatic heterocycles. The van der Waals surface area contributed by atoms with Crippen molar-refractivity contribution in [2.24, 2.45) is 0 Å². The maximum Gasteiger partial charge on any atom is 0.324 e. The monoisotopic (exact) mass is 354 g/mol. The molecule has 7 nitrogen and oxygen atoms in total. The number of hydrogen-bond donors (Lipinski definition) is 3. The topological polar surface area (TPSA) is 94.3 Å². The Kier molecular flexibility index (Phi) is 5.36. The van der Waals surface area contributed by atoms with Gasteiger partial charge in [0.1, 0.15) is 6.04 Å². The Morgan fingerprint density at radius 3 is 2.92 bits per heavy atom. The second-order valence-corrected chi connectivity index (χ2v) is 6.23. The van der Waals surface area contributed by atoms with Gasteiger partial charge in [0, 0.05) is 36.6 Å². The number of aromatic nitrogens is 1. The van der Waals surface area contributed by atoms with E-state index in [2.05, 4.69) is 22.2 Å². The third kappa shape index (κ3) is 3.77. The average molecular weight is 354 g/mol. The minimum Gasteiger partial charge on any atom is -0.361 e. The van der Waals surface area contributed by atoms with Crippen LogP contribution in [0.25, 0.3) is 10.9 Å². The van der Waals surface area contributed by atoms with E-state index in [9.17, 15) is 14.4 Å². The molecule has 1 saturated heterocycles. The van der Waals surface area contributed by atoms with Crippen LogP contribution in [0.1, 0.15) is 18.4 Å². The average Bonchev–Trinajstić information content (AvgIpc) is 3.17. The number of nitrogens with one attached hydrogen (secondary N) is 3. The van der Waals surface area contributed by atoms with Crippen LogP contribution >= 0.6 is 0 Å². The summed E-state index contributed by atoms with van der Waals surface area (Å²) >= 11 is 0. The summed E-state index contributed by atoms with van der Waals surface area (Å²) in [6, 6.07) is 6.88. The van der Waals surface area contributed by atoms with E-state index < -0.39 is 12.1 Å². The highest BCUT2D eigenvalue weighted by Crippen LogP contribution is 2.19. The normalized spacial score (nSPS) is 16.8. The fourth-order valence-electron chi connectivity index (χ4n) is 3.10. The lowest BCUT2D eigenvalue weighted by atomic mass is 10.1. The van der Waals surface area contributed by atoms with Crippen LogP contribution in [-0.4, -0.2) is 46.9 Å². The van der Waals surface area contributed by atoms with E-state index in [1.54, 1.807) is 6.08 Å². The Morgan fingerprint density at radius 2 is 2.12 bits per heavy atom. The minimum atomic E-state index is -0.639. The number of rotatable bonds is 8. The van der Waals surface area contributed by atoms with Gasteiger partial charge in [0.05, 0.1) is 0 Å². The quantitative estimate of drug-likeness (QED) is 0.498. The fraction of sp³-hybridized carbons (Fsp3) is 0.316. The number of fused-ring (bicyclic) bond motifs is 1. The Bertz CT molecular complexity index is 842. The molecule has 2 aromatic rings. The molecule has 1 aliphatic rings. The van der Waals surface area contributed by atoms with Crippen LogP contribution in [-0.2, 0) is 16.0 Å². The molecule has 0 spiro atoms. The number of para-hydroxylation sites is 1. The van der Waals surface area contributed by atoms with E-state index >= 15 is 0 Å². The van der Waals surface area contributed by atoms with Gasteiger partial charge in [-0.05, 0) is 24.5 Å². The molecule has 1 aromatic heterocycles. The fourth-order valence-corrected chi connectivity index (χ4v) is 3.10.